The molecule has 0 aliphatic carbocycles. The molecule has 2 aromatic rings. The Morgan fingerprint density at radius 1 is 0.929 bits per heavy atom. The first-order chi connectivity index (χ1) is 13.5. The van der Waals surface area contributed by atoms with Crippen molar-refractivity contribution in [1.82, 2.24) is 0 Å². The summed E-state index contributed by atoms with van der Waals surface area (Å²) < 4.78 is 11.2. The molecule has 2 aliphatic heterocycles. The number of anilines is 2. The Balaban J connectivity index is 1.46. The average molecular weight is 380 g/mol. The van der Waals surface area contributed by atoms with E-state index in [1.165, 1.54) is 24.9 Å². The maximum absolute atomic E-state index is 13.0. The number of rotatable bonds is 4. The molecule has 1 saturated heterocycles. The number of hydrogen-bond donors (Lipinski definition) is 1. The molecule has 1 N–H and O–H groups in total. The third-order valence-electron chi connectivity index (χ3n) is 5.68. The van der Waals surface area contributed by atoms with Gasteiger partial charge in [0.2, 0.25) is 5.91 Å². The number of nitrogens with one attached hydrogen (secondary N) is 1. The molecule has 1 amide bonds. The van der Waals surface area contributed by atoms with Gasteiger partial charge in [0, 0.05) is 24.5 Å². The summed E-state index contributed by atoms with van der Waals surface area (Å²) in [7, 11) is 0. The molecule has 0 saturated carbocycles. The summed E-state index contributed by atoms with van der Waals surface area (Å²) >= 11 is 0. The van der Waals surface area contributed by atoms with Crippen LogP contribution >= 0.6 is 0 Å². The summed E-state index contributed by atoms with van der Waals surface area (Å²) in [4.78, 5) is 15.4. The molecule has 2 heterocycles. The minimum absolute atomic E-state index is 0.0464. The van der Waals surface area contributed by atoms with Gasteiger partial charge >= 0.3 is 0 Å². The van der Waals surface area contributed by atoms with E-state index in [2.05, 4.69) is 22.3 Å². The lowest BCUT2D eigenvalue weighted by Crippen LogP contribution is -2.35. The van der Waals surface area contributed by atoms with Crippen LogP contribution in [0.4, 0.5) is 11.4 Å². The van der Waals surface area contributed by atoms with Crippen LogP contribution in [-0.4, -0.2) is 32.2 Å². The van der Waals surface area contributed by atoms with Crippen LogP contribution in [0, 0.1) is 0 Å². The average Bonchev–Trinajstić information content (AvgIpc) is 2.74. The molecule has 0 aromatic heterocycles. The molecule has 5 nitrogen and oxygen atoms in total. The smallest absolute Gasteiger partial charge is 0.234 e. The fraction of sp³-hybridized carbons (Fsp3) is 0.435. The first-order valence-corrected chi connectivity index (χ1v) is 10.1. The van der Waals surface area contributed by atoms with Crippen molar-refractivity contribution in [2.45, 2.75) is 38.5 Å². The summed E-state index contributed by atoms with van der Waals surface area (Å²) in [5.41, 5.74) is 2.25. The molecule has 1 fully saturated rings. The summed E-state index contributed by atoms with van der Waals surface area (Å²) in [5, 5.41) is 3.06. The maximum atomic E-state index is 13.0. The highest BCUT2D eigenvalue weighted by atomic mass is 16.6. The van der Waals surface area contributed by atoms with Gasteiger partial charge in [-0.25, -0.2) is 0 Å². The van der Waals surface area contributed by atoms with Crippen LogP contribution in [0.3, 0.4) is 0 Å². The van der Waals surface area contributed by atoms with E-state index < -0.39 is 5.41 Å². The number of fused-ring (bicyclic) bond motifs is 1. The van der Waals surface area contributed by atoms with Crippen molar-refractivity contribution in [2.24, 2.45) is 0 Å². The molecule has 28 heavy (non-hydrogen) atoms. The lowest BCUT2D eigenvalue weighted by molar-refractivity contribution is -0.120. The zero-order chi connectivity index (χ0) is 19.6. The van der Waals surface area contributed by atoms with Crippen molar-refractivity contribution >= 4 is 17.3 Å². The number of benzene rings is 2. The normalized spacial score (nSPS) is 16.6. The van der Waals surface area contributed by atoms with Crippen LogP contribution in [0.2, 0.25) is 0 Å². The summed E-state index contributed by atoms with van der Waals surface area (Å²) in [6.07, 6.45) is 3.82. The topological polar surface area (TPSA) is 50.8 Å². The zero-order valence-electron chi connectivity index (χ0n) is 16.7. The van der Waals surface area contributed by atoms with E-state index in [0.29, 0.717) is 19.0 Å². The number of piperidine rings is 1. The van der Waals surface area contributed by atoms with E-state index in [1.807, 2.05) is 44.2 Å². The number of hydrogen-bond acceptors (Lipinski definition) is 4. The lowest BCUT2D eigenvalue weighted by atomic mass is 9.83. The van der Waals surface area contributed by atoms with Crippen LogP contribution in [0.15, 0.2) is 42.5 Å². The van der Waals surface area contributed by atoms with Crippen molar-refractivity contribution in [1.29, 1.82) is 0 Å². The Hall–Kier alpha value is -2.69. The van der Waals surface area contributed by atoms with Gasteiger partial charge in [0.05, 0.1) is 5.41 Å². The molecule has 148 valence electrons. The van der Waals surface area contributed by atoms with Crippen LogP contribution < -0.4 is 19.7 Å². The van der Waals surface area contributed by atoms with Gasteiger partial charge in [0.15, 0.2) is 11.5 Å². The molecular formula is C23H28N2O3. The zero-order valence-corrected chi connectivity index (χ0v) is 16.7. The maximum Gasteiger partial charge on any atom is 0.234 e. The predicted molar refractivity (Wildman–Crippen MR) is 112 cm³/mol. The minimum atomic E-state index is -0.693. The highest BCUT2D eigenvalue weighted by molar-refractivity contribution is 5.98. The van der Waals surface area contributed by atoms with Gasteiger partial charge in [-0.05, 0) is 75.1 Å². The van der Waals surface area contributed by atoms with E-state index in [1.54, 1.807) is 0 Å². The van der Waals surface area contributed by atoms with Gasteiger partial charge in [-0.3, -0.25) is 4.79 Å². The fourth-order valence-corrected chi connectivity index (χ4v) is 3.76. The van der Waals surface area contributed by atoms with E-state index in [-0.39, 0.29) is 5.91 Å². The number of ether oxygens (including phenoxy) is 2. The summed E-state index contributed by atoms with van der Waals surface area (Å²) in [6.45, 7) is 7.17. The number of carbonyl (C=O) groups excluding carboxylic acids is 1. The van der Waals surface area contributed by atoms with Crippen molar-refractivity contribution in [3.05, 3.63) is 48.0 Å². The van der Waals surface area contributed by atoms with E-state index in [4.69, 9.17) is 9.47 Å². The molecule has 0 unspecified atom stereocenters. The van der Waals surface area contributed by atoms with Gasteiger partial charge in [-0.15, -0.1) is 0 Å². The Labute approximate surface area is 166 Å². The third-order valence-corrected chi connectivity index (χ3v) is 5.68. The van der Waals surface area contributed by atoms with Crippen LogP contribution in [-0.2, 0) is 10.2 Å². The highest BCUT2D eigenvalue weighted by Crippen LogP contribution is 2.35. The molecule has 4 rings (SSSR count). The highest BCUT2D eigenvalue weighted by Gasteiger charge is 2.31. The molecule has 2 aromatic carbocycles. The summed E-state index contributed by atoms with van der Waals surface area (Å²) in [5.74, 6) is 1.39. The fourth-order valence-electron chi connectivity index (χ4n) is 3.76. The van der Waals surface area contributed by atoms with Crippen LogP contribution in [0.1, 0.15) is 38.7 Å². The number of nitrogens with zero attached hydrogens (tertiary/aromatic N) is 1. The number of carbonyl (C=O) groups is 1. The SMILES string of the molecule is CC(C)(C(=O)Nc1ccc(N2CCCCC2)cc1)c1ccc2c(c1)OCCO2. The number of amides is 1. The van der Waals surface area contributed by atoms with Gasteiger partial charge in [0.1, 0.15) is 13.2 Å². The lowest BCUT2D eigenvalue weighted by Gasteiger charge is -2.29. The van der Waals surface area contributed by atoms with Gasteiger partial charge in [-0.2, -0.15) is 0 Å². The Kier molecular flexibility index (Phi) is 5.16. The second kappa shape index (κ2) is 7.74. The summed E-state index contributed by atoms with van der Waals surface area (Å²) in [6, 6.07) is 13.9. The predicted octanol–water partition coefficient (Wildman–Crippen LogP) is 4.36. The van der Waals surface area contributed by atoms with Crippen molar-refractivity contribution in [3.8, 4) is 11.5 Å². The Morgan fingerprint density at radius 3 is 2.32 bits per heavy atom. The standard InChI is InChI=1S/C23H28N2O3/c1-23(2,17-6-11-20-21(16-17)28-15-14-27-20)22(26)24-18-7-9-19(10-8-18)25-12-4-3-5-13-25/h6-11,16H,3-5,12-15H2,1-2H3,(H,24,26). The van der Waals surface area contributed by atoms with Gasteiger partial charge in [-0.1, -0.05) is 6.07 Å². The second-order valence-corrected chi connectivity index (χ2v) is 8.03. The molecule has 0 spiro atoms. The first kappa shape index (κ1) is 18.7. The van der Waals surface area contributed by atoms with Gasteiger partial charge < -0.3 is 19.7 Å². The van der Waals surface area contributed by atoms with E-state index in [9.17, 15) is 4.79 Å². The van der Waals surface area contributed by atoms with Crippen LogP contribution in [0.25, 0.3) is 0 Å². The Morgan fingerprint density at radius 2 is 1.61 bits per heavy atom. The molecule has 0 atom stereocenters. The first-order valence-electron chi connectivity index (χ1n) is 10.1. The largest absolute Gasteiger partial charge is 0.486 e. The third kappa shape index (κ3) is 3.79. The van der Waals surface area contributed by atoms with E-state index in [0.717, 1.165) is 30.1 Å². The van der Waals surface area contributed by atoms with E-state index >= 15 is 0 Å². The quantitative estimate of drug-likeness (QED) is 0.856. The molecule has 0 radical (unpaired) electrons. The molecular weight excluding hydrogens is 352 g/mol. The van der Waals surface area contributed by atoms with Crippen molar-refractivity contribution in [3.63, 3.8) is 0 Å². The van der Waals surface area contributed by atoms with Crippen LogP contribution in [0.5, 0.6) is 11.5 Å². The van der Waals surface area contributed by atoms with Crippen molar-refractivity contribution < 1.29 is 14.3 Å². The second-order valence-electron chi connectivity index (χ2n) is 8.03. The van der Waals surface area contributed by atoms with Crippen molar-refractivity contribution in [2.75, 3.05) is 36.5 Å². The molecule has 2 aliphatic rings. The molecule has 0 bridgehead atoms. The van der Waals surface area contributed by atoms with Gasteiger partial charge in [0.25, 0.3) is 0 Å². The minimum Gasteiger partial charge on any atom is -0.486 e. The Bertz CT molecular complexity index is 839. The monoisotopic (exact) mass is 380 g/mol. The molecule has 5 heteroatoms.